The number of aromatic nitrogens is 1. The van der Waals surface area contributed by atoms with Gasteiger partial charge in [-0.1, -0.05) is 13.8 Å². The fourth-order valence-corrected chi connectivity index (χ4v) is 1.52. The third-order valence-corrected chi connectivity index (χ3v) is 2.33. The van der Waals surface area contributed by atoms with Gasteiger partial charge in [0.1, 0.15) is 5.69 Å². The van der Waals surface area contributed by atoms with Crippen LogP contribution in [0, 0.1) is 0 Å². The predicted octanol–water partition coefficient (Wildman–Crippen LogP) is 2.65. The van der Waals surface area contributed by atoms with E-state index in [2.05, 4.69) is 4.98 Å². The minimum absolute atomic E-state index is 0.0470. The standard InChI is InChI=1S/C11H11NO3/c1-6(2)8-5-15-10-4-12-9(11(13)14)3-7(8)10/h3-6H,1-2H3,(H,13,14). The van der Waals surface area contributed by atoms with E-state index in [0.717, 1.165) is 10.9 Å². The lowest BCUT2D eigenvalue weighted by Gasteiger charge is -2.00. The monoisotopic (exact) mass is 205 g/mol. The van der Waals surface area contributed by atoms with Gasteiger partial charge in [-0.3, -0.25) is 0 Å². The lowest BCUT2D eigenvalue weighted by atomic mass is 10.0. The van der Waals surface area contributed by atoms with Gasteiger partial charge in [-0.15, -0.1) is 0 Å². The van der Waals surface area contributed by atoms with Crippen LogP contribution >= 0.6 is 0 Å². The third-order valence-electron chi connectivity index (χ3n) is 2.33. The first kappa shape index (κ1) is 9.71. The van der Waals surface area contributed by atoms with Crippen molar-refractivity contribution in [1.29, 1.82) is 0 Å². The van der Waals surface area contributed by atoms with Crippen LogP contribution in [0.2, 0.25) is 0 Å². The summed E-state index contributed by atoms with van der Waals surface area (Å²) in [5.41, 5.74) is 1.68. The quantitative estimate of drug-likeness (QED) is 0.818. The highest BCUT2D eigenvalue weighted by molar-refractivity contribution is 5.91. The zero-order valence-corrected chi connectivity index (χ0v) is 8.52. The molecule has 2 aromatic heterocycles. The van der Waals surface area contributed by atoms with E-state index in [0.29, 0.717) is 11.5 Å². The lowest BCUT2D eigenvalue weighted by molar-refractivity contribution is 0.0690. The minimum Gasteiger partial charge on any atom is -0.477 e. The van der Waals surface area contributed by atoms with Crippen LogP contribution in [0.25, 0.3) is 11.0 Å². The van der Waals surface area contributed by atoms with E-state index in [1.165, 1.54) is 6.20 Å². The molecule has 1 N–H and O–H groups in total. The highest BCUT2D eigenvalue weighted by Gasteiger charge is 2.12. The second-order valence-electron chi connectivity index (χ2n) is 3.72. The van der Waals surface area contributed by atoms with Crippen molar-refractivity contribution in [3.63, 3.8) is 0 Å². The Morgan fingerprint density at radius 3 is 2.87 bits per heavy atom. The number of hydrogen-bond donors (Lipinski definition) is 1. The van der Waals surface area contributed by atoms with Crippen LogP contribution in [0.3, 0.4) is 0 Å². The Bertz CT molecular complexity index is 514. The topological polar surface area (TPSA) is 63.3 Å². The van der Waals surface area contributed by atoms with Gasteiger partial charge >= 0.3 is 5.97 Å². The number of hydrogen-bond acceptors (Lipinski definition) is 3. The van der Waals surface area contributed by atoms with Gasteiger partial charge in [-0.2, -0.15) is 0 Å². The zero-order valence-electron chi connectivity index (χ0n) is 8.52. The van der Waals surface area contributed by atoms with Crippen LogP contribution in [0.5, 0.6) is 0 Å². The largest absolute Gasteiger partial charge is 0.477 e. The molecule has 0 atom stereocenters. The van der Waals surface area contributed by atoms with Crippen molar-refractivity contribution in [2.75, 3.05) is 0 Å². The molecule has 0 bridgehead atoms. The van der Waals surface area contributed by atoms with E-state index in [1.807, 2.05) is 13.8 Å². The summed E-state index contributed by atoms with van der Waals surface area (Å²) in [6, 6.07) is 1.55. The average Bonchev–Trinajstić information content (AvgIpc) is 2.59. The van der Waals surface area contributed by atoms with Crippen LogP contribution < -0.4 is 0 Å². The smallest absolute Gasteiger partial charge is 0.354 e. The number of aromatic carboxylic acids is 1. The van der Waals surface area contributed by atoms with Crippen LogP contribution in [0.15, 0.2) is 22.9 Å². The van der Waals surface area contributed by atoms with Crippen LogP contribution in [0.1, 0.15) is 35.8 Å². The molecule has 0 unspecified atom stereocenters. The second-order valence-corrected chi connectivity index (χ2v) is 3.72. The molecule has 2 aromatic rings. The number of nitrogens with zero attached hydrogens (tertiary/aromatic N) is 1. The van der Waals surface area contributed by atoms with Gasteiger partial charge in [-0.25, -0.2) is 9.78 Å². The number of rotatable bonds is 2. The van der Waals surface area contributed by atoms with E-state index >= 15 is 0 Å². The van der Waals surface area contributed by atoms with E-state index in [-0.39, 0.29) is 5.69 Å². The molecule has 0 fully saturated rings. The Labute approximate surface area is 86.5 Å². The molecular weight excluding hydrogens is 194 g/mol. The molecular formula is C11H11NO3. The number of carboxylic acids is 1. The first-order valence-corrected chi connectivity index (χ1v) is 4.70. The maximum atomic E-state index is 10.8. The molecule has 0 spiro atoms. The van der Waals surface area contributed by atoms with Gasteiger partial charge < -0.3 is 9.52 Å². The van der Waals surface area contributed by atoms with Crippen molar-refractivity contribution in [2.45, 2.75) is 19.8 Å². The molecule has 4 heteroatoms. The van der Waals surface area contributed by atoms with Crippen molar-refractivity contribution in [1.82, 2.24) is 4.98 Å². The normalized spacial score (nSPS) is 11.1. The Kier molecular flexibility index (Phi) is 2.19. The molecule has 78 valence electrons. The molecule has 0 saturated carbocycles. The highest BCUT2D eigenvalue weighted by Crippen LogP contribution is 2.27. The summed E-state index contributed by atoms with van der Waals surface area (Å²) in [6.07, 6.45) is 3.10. The van der Waals surface area contributed by atoms with Crippen molar-refractivity contribution in [3.05, 3.63) is 29.8 Å². The molecule has 4 nitrogen and oxygen atoms in total. The molecule has 0 aromatic carbocycles. The van der Waals surface area contributed by atoms with Crippen molar-refractivity contribution >= 4 is 16.9 Å². The molecule has 15 heavy (non-hydrogen) atoms. The predicted molar refractivity (Wildman–Crippen MR) is 55.1 cm³/mol. The van der Waals surface area contributed by atoms with Crippen molar-refractivity contribution in [3.8, 4) is 0 Å². The summed E-state index contributed by atoms with van der Waals surface area (Å²) in [4.78, 5) is 14.5. The van der Waals surface area contributed by atoms with Crippen LogP contribution in [-0.4, -0.2) is 16.1 Å². The fraction of sp³-hybridized carbons (Fsp3) is 0.273. The Balaban J connectivity index is 2.66. The highest BCUT2D eigenvalue weighted by atomic mass is 16.4. The molecule has 0 aliphatic carbocycles. The van der Waals surface area contributed by atoms with Gasteiger partial charge in [0.25, 0.3) is 0 Å². The van der Waals surface area contributed by atoms with Gasteiger partial charge in [0.15, 0.2) is 5.58 Å². The molecule has 0 saturated heterocycles. The molecule has 0 aliphatic rings. The maximum Gasteiger partial charge on any atom is 0.354 e. The Morgan fingerprint density at radius 1 is 1.53 bits per heavy atom. The summed E-state index contributed by atoms with van der Waals surface area (Å²) >= 11 is 0. The van der Waals surface area contributed by atoms with Crippen molar-refractivity contribution < 1.29 is 14.3 Å². The average molecular weight is 205 g/mol. The van der Waals surface area contributed by atoms with Gasteiger partial charge in [0.05, 0.1) is 12.5 Å². The van der Waals surface area contributed by atoms with Gasteiger partial charge in [0, 0.05) is 10.9 Å². The molecule has 2 heterocycles. The Hall–Kier alpha value is -1.84. The molecule has 0 radical (unpaired) electrons. The minimum atomic E-state index is -1.02. The van der Waals surface area contributed by atoms with Gasteiger partial charge in [-0.05, 0) is 12.0 Å². The number of carboxylic acid groups (broad SMARTS) is 1. The third kappa shape index (κ3) is 1.58. The second kappa shape index (κ2) is 3.38. The molecule has 2 rings (SSSR count). The first-order chi connectivity index (χ1) is 7.09. The van der Waals surface area contributed by atoms with E-state index in [4.69, 9.17) is 9.52 Å². The number of carbonyl (C=O) groups is 1. The summed E-state index contributed by atoms with van der Waals surface area (Å²) in [7, 11) is 0. The summed E-state index contributed by atoms with van der Waals surface area (Å²) in [5, 5.41) is 9.65. The summed E-state index contributed by atoms with van der Waals surface area (Å²) in [6.45, 7) is 4.07. The summed E-state index contributed by atoms with van der Waals surface area (Å²) < 4.78 is 5.29. The van der Waals surface area contributed by atoms with Gasteiger partial charge in [0.2, 0.25) is 0 Å². The number of fused-ring (bicyclic) bond motifs is 1. The lowest BCUT2D eigenvalue weighted by Crippen LogP contribution is -1.99. The number of pyridine rings is 1. The first-order valence-electron chi connectivity index (χ1n) is 4.70. The maximum absolute atomic E-state index is 10.8. The molecule has 0 amide bonds. The SMILES string of the molecule is CC(C)c1coc2cnc(C(=O)O)cc12. The molecule has 0 aliphatic heterocycles. The van der Waals surface area contributed by atoms with E-state index < -0.39 is 5.97 Å². The summed E-state index contributed by atoms with van der Waals surface area (Å²) in [5.74, 6) is -0.719. The number of furan rings is 1. The fourth-order valence-electron chi connectivity index (χ4n) is 1.52. The zero-order chi connectivity index (χ0) is 11.0. The van der Waals surface area contributed by atoms with Crippen LogP contribution in [-0.2, 0) is 0 Å². The Morgan fingerprint density at radius 2 is 2.27 bits per heavy atom. The van der Waals surface area contributed by atoms with E-state index in [9.17, 15) is 4.79 Å². The van der Waals surface area contributed by atoms with Crippen molar-refractivity contribution in [2.24, 2.45) is 0 Å². The van der Waals surface area contributed by atoms with Crippen LogP contribution in [0.4, 0.5) is 0 Å². The van der Waals surface area contributed by atoms with E-state index in [1.54, 1.807) is 12.3 Å².